The van der Waals surface area contributed by atoms with E-state index in [1.54, 1.807) is 19.2 Å². The van der Waals surface area contributed by atoms with E-state index in [9.17, 15) is 14.0 Å². The Bertz CT molecular complexity index is 1450. The molecule has 0 bridgehead atoms. The van der Waals surface area contributed by atoms with Gasteiger partial charge in [0.05, 0.1) is 13.7 Å². The van der Waals surface area contributed by atoms with E-state index >= 15 is 0 Å². The van der Waals surface area contributed by atoms with Gasteiger partial charge in [0, 0.05) is 37.8 Å². The Kier molecular flexibility index (Phi) is 12.9. The maximum Gasteiger partial charge on any atom is 0.266 e. The molecule has 2 aromatic rings. The van der Waals surface area contributed by atoms with Crippen LogP contribution in [-0.2, 0) is 34.4 Å². The number of ether oxygens (including phenoxy) is 1. The number of aryl methyl sites for hydroxylation is 1. The van der Waals surface area contributed by atoms with Crippen LogP contribution >= 0.6 is 0 Å². The summed E-state index contributed by atoms with van der Waals surface area (Å²) in [5, 5.41) is 26.6. The van der Waals surface area contributed by atoms with Crippen LogP contribution in [0, 0.1) is 11.7 Å². The first-order valence-corrected chi connectivity index (χ1v) is 16.9. The Hall–Kier alpha value is -3.58. The molecule has 11 nitrogen and oxygen atoms in total. The Morgan fingerprint density at radius 3 is 2.52 bits per heavy atom. The molecule has 2 heterocycles. The number of carbonyl (C=O) groups excluding carboxylic acids is 2. The first-order valence-electron chi connectivity index (χ1n) is 16.9. The fraction of sp³-hybridized carbons (Fsp3) is 0.583. The van der Waals surface area contributed by atoms with E-state index in [4.69, 9.17) is 15.2 Å². The number of oxime groups is 1. The molecule has 0 radical (unpaired) electrons. The van der Waals surface area contributed by atoms with Crippen molar-refractivity contribution in [3.05, 3.63) is 64.0 Å². The average molecular weight is 669 g/mol. The molecule has 12 heteroatoms. The van der Waals surface area contributed by atoms with Crippen molar-refractivity contribution in [3.8, 4) is 5.75 Å². The summed E-state index contributed by atoms with van der Waals surface area (Å²) in [6, 6.07) is 9.21. The molecule has 48 heavy (non-hydrogen) atoms. The van der Waals surface area contributed by atoms with Crippen LogP contribution in [0.1, 0.15) is 81.3 Å². The second-order valence-electron chi connectivity index (χ2n) is 14.4. The summed E-state index contributed by atoms with van der Waals surface area (Å²) in [6.45, 7) is 13.7. The first-order chi connectivity index (χ1) is 22.8. The van der Waals surface area contributed by atoms with Gasteiger partial charge in [-0.3, -0.25) is 19.4 Å². The number of nitrogens with zero attached hydrogens (tertiary/aromatic N) is 3. The molecule has 4 atom stereocenters. The monoisotopic (exact) mass is 668 g/mol. The summed E-state index contributed by atoms with van der Waals surface area (Å²) in [6.07, 6.45) is 4.15. The minimum Gasteiger partial charge on any atom is -0.496 e. The number of hydroxylamine groups is 1. The largest absolute Gasteiger partial charge is 0.496 e. The van der Waals surface area contributed by atoms with E-state index in [0.29, 0.717) is 19.6 Å². The van der Waals surface area contributed by atoms with Gasteiger partial charge in [0.25, 0.3) is 5.91 Å². The quantitative estimate of drug-likeness (QED) is 0.138. The number of rotatable bonds is 11. The highest BCUT2D eigenvalue weighted by Gasteiger charge is 2.36. The van der Waals surface area contributed by atoms with Gasteiger partial charge >= 0.3 is 0 Å². The number of nitrogens with one attached hydrogen (secondary N) is 3. The number of benzene rings is 2. The molecule has 2 amide bonds. The Balaban J connectivity index is 1.78. The summed E-state index contributed by atoms with van der Waals surface area (Å²) >= 11 is 0. The summed E-state index contributed by atoms with van der Waals surface area (Å²) < 4.78 is 20.5. The number of fused-ring (bicyclic) bond motifs is 2. The Morgan fingerprint density at radius 2 is 1.83 bits per heavy atom. The lowest BCUT2D eigenvalue weighted by Crippen LogP contribution is -2.47. The van der Waals surface area contributed by atoms with Gasteiger partial charge in [-0.1, -0.05) is 38.1 Å². The van der Waals surface area contributed by atoms with Crippen molar-refractivity contribution in [1.82, 2.24) is 25.9 Å². The minimum absolute atomic E-state index is 0.0377. The number of methoxy groups -OCH3 is 1. The highest BCUT2D eigenvalue weighted by Crippen LogP contribution is 2.42. The zero-order valence-electron chi connectivity index (χ0n) is 29.2. The fourth-order valence-corrected chi connectivity index (χ4v) is 7.44. The molecule has 0 saturated heterocycles. The zero-order chi connectivity index (χ0) is 35.0. The third-order valence-electron chi connectivity index (χ3n) is 9.43. The third-order valence-corrected chi connectivity index (χ3v) is 9.43. The molecule has 2 unspecified atom stereocenters. The van der Waals surface area contributed by atoms with Crippen molar-refractivity contribution in [2.75, 3.05) is 39.8 Å². The van der Waals surface area contributed by atoms with E-state index in [1.807, 2.05) is 25.4 Å². The summed E-state index contributed by atoms with van der Waals surface area (Å²) in [7, 11) is 1.71. The maximum absolute atomic E-state index is 14.6. The van der Waals surface area contributed by atoms with Crippen molar-refractivity contribution >= 4 is 18.0 Å². The molecule has 4 rings (SSSR count). The van der Waals surface area contributed by atoms with Crippen LogP contribution < -0.4 is 20.9 Å². The summed E-state index contributed by atoms with van der Waals surface area (Å²) in [5.41, 5.74) is 7.46. The number of halogens is 1. The lowest BCUT2D eigenvalue weighted by atomic mass is 9.78. The molecule has 264 valence electrons. The van der Waals surface area contributed by atoms with Crippen molar-refractivity contribution in [2.24, 2.45) is 11.1 Å². The van der Waals surface area contributed by atoms with Crippen LogP contribution in [-0.4, -0.2) is 90.2 Å². The van der Waals surface area contributed by atoms with E-state index in [-0.39, 0.29) is 47.7 Å². The van der Waals surface area contributed by atoms with Gasteiger partial charge in [-0.05, 0) is 110 Å². The van der Waals surface area contributed by atoms with E-state index in [2.05, 4.69) is 58.5 Å². The predicted octanol–water partition coefficient (Wildman–Crippen LogP) is 3.93. The van der Waals surface area contributed by atoms with Crippen LogP contribution in [0.3, 0.4) is 0 Å². The average Bonchev–Trinajstić information content (AvgIpc) is 3.16. The van der Waals surface area contributed by atoms with Crippen LogP contribution in [0.2, 0.25) is 0 Å². The molecule has 2 aliphatic rings. The minimum atomic E-state index is -0.458. The van der Waals surface area contributed by atoms with Gasteiger partial charge in [0.2, 0.25) is 5.91 Å². The lowest BCUT2D eigenvalue weighted by molar-refractivity contribution is -0.122. The van der Waals surface area contributed by atoms with Crippen molar-refractivity contribution in [2.45, 2.75) is 90.4 Å². The summed E-state index contributed by atoms with van der Waals surface area (Å²) in [4.78, 5) is 29.3. The van der Waals surface area contributed by atoms with Gasteiger partial charge in [-0.2, -0.15) is 5.48 Å². The van der Waals surface area contributed by atoms with E-state index in [1.165, 1.54) is 5.56 Å². The van der Waals surface area contributed by atoms with Gasteiger partial charge in [-0.15, -0.1) is 0 Å². The lowest BCUT2D eigenvalue weighted by Gasteiger charge is -2.41. The number of carbonyl (C=O) groups is 2. The molecule has 0 saturated carbocycles. The van der Waals surface area contributed by atoms with Gasteiger partial charge in [-0.25, -0.2) is 4.39 Å². The van der Waals surface area contributed by atoms with Crippen LogP contribution in [0.25, 0.3) is 0 Å². The molecule has 0 aromatic heterocycles. The molecule has 0 spiro atoms. The van der Waals surface area contributed by atoms with Crippen LogP contribution in [0.15, 0.2) is 35.5 Å². The number of hydrogen-bond acceptors (Lipinski definition) is 9. The molecule has 0 fully saturated rings. The SMILES string of the molecule is COc1cc2c(cc1C(C)(C)C)CC(C1c3ccc(F)cc3CCCN1C[C@H](C)NC(=O)CNO)CCN(C[C@H](C)NC(=O)/C=N\O)C2. The smallest absolute Gasteiger partial charge is 0.266 e. The highest BCUT2D eigenvalue weighted by atomic mass is 19.1. The normalized spacial score (nSPS) is 20.5. The van der Waals surface area contributed by atoms with Crippen LogP contribution in [0.5, 0.6) is 5.75 Å². The molecular weight excluding hydrogens is 615 g/mol. The fourth-order valence-electron chi connectivity index (χ4n) is 7.44. The molecular formula is C36H53FN6O5. The Morgan fingerprint density at radius 1 is 1.08 bits per heavy atom. The van der Waals surface area contributed by atoms with Gasteiger partial charge in [0.15, 0.2) is 0 Å². The Labute approximate surface area is 283 Å². The van der Waals surface area contributed by atoms with Gasteiger partial charge < -0.3 is 25.8 Å². The molecule has 0 aliphatic carbocycles. The molecule has 2 aliphatic heterocycles. The van der Waals surface area contributed by atoms with Gasteiger partial charge in [0.1, 0.15) is 17.8 Å². The number of hydrogen-bond donors (Lipinski definition) is 5. The predicted molar refractivity (Wildman–Crippen MR) is 183 cm³/mol. The highest BCUT2D eigenvalue weighted by molar-refractivity contribution is 6.26. The second kappa shape index (κ2) is 16.7. The van der Waals surface area contributed by atoms with Crippen LogP contribution in [0.4, 0.5) is 4.39 Å². The van der Waals surface area contributed by atoms with E-state index in [0.717, 1.165) is 73.0 Å². The number of amides is 2. The molecule has 5 N–H and O–H groups in total. The standard InChI is InChI=1S/C36H53FN6O5/c1-23(40-33(44)18-38-46)20-42-13-11-26(14-27-16-31(36(3,4)5)32(48-6)17-28(27)22-42)35-30-10-9-29(37)15-25(30)8-7-12-43(35)21-24(2)41-34(45)19-39-47/h9-10,15-18,23-24,26,35,39,46-47H,7-8,11-14,19-22H2,1-6H3,(H,40,44)(H,41,45)/b38-18-/t23-,24-,26?,35?/m0/s1. The summed E-state index contributed by atoms with van der Waals surface area (Å²) in [5.74, 6) is 0.00266. The van der Waals surface area contributed by atoms with E-state index < -0.39 is 5.91 Å². The first kappa shape index (κ1) is 37.2. The molecule has 2 aromatic carbocycles. The third kappa shape index (κ3) is 9.74. The second-order valence-corrected chi connectivity index (χ2v) is 14.4. The van der Waals surface area contributed by atoms with Crippen molar-refractivity contribution < 1.29 is 29.1 Å². The zero-order valence-corrected chi connectivity index (χ0v) is 29.2. The topological polar surface area (TPSA) is 139 Å². The van der Waals surface area contributed by atoms with Crippen molar-refractivity contribution in [3.63, 3.8) is 0 Å². The van der Waals surface area contributed by atoms with Crippen molar-refractivity contribution in [1.29, 1.82) is 0 Å². The maximum atomic E-state index is 14.6.